The Bertz CT molecular complexity index is 299. The Labute approximate surface area is 119 Å². The molecule has 0 saturated heterocycles. The molecule has 0 atom stereocenters. The molecule has 4 heteroatoms. The fourth-order valence-electron chi connectivity index (χ4n) is 3.03. The third-order valence-electron chi connectivity index (χ3n) is 4.13. The second kappa shape index (κ2) is 6.40. The second-order valence-electron chi connectivity index (χ2n) is 7.02. The molecule has 112 valence electrons. The largest absolute Gasteiger partial charge is 0.464 e. The van der Waals surface area contributed by atoms with Crippen LogP contribution in [0.25, 0.3) is 0 Å². The van der Waals surface area contributed by atoms with Gasteiger partial charge < -0.3 is 9.16 Å². The van der Waals surface area contributed by atoms with Gasteiger partial charge in [0.2, 0.25) is 0 Å². The van der Waals surface area contributed by atoms with Gasteiger partial charge in [0.15, 0.2) is 14.6 Å². The van der Waals surface area contributed by atoms with Crippen molar-refractivity contribution >= 4 is 15.0 Å². The highest BCUT2D eigenvalue weighted by Crippen LogP contribution is 2.43. The maximum Gasteiger partial charge on any atom is 0.337 e. The van der Waals surface area contributed by atoms with E-state index in [2.05, 4.69) is 33.9 Å². The van der Waals surface area contributed by atoms with Crippen LogP contribution in [0.3, 0.4) is 0 Å². The lowest BCUT2D eigenvalue weighted by atomic mass is 9.68. The molecule has 0 aromatic rings. The molecular formula is C15H30O3Si. The monoisotopic (exact) mass is 286 g/mol. The van der Waals surface area contributed by atoms with Crippen LogP contribution in [0.5, 0.6) is 0 Å². The normalized spacial score (nSPS) is 28.5. The molecule has 0 radical (unpaired) electrons. The molecule has 0 aromatic carbocycles. The predicted octanol–water partition coefficient (Wildman–Crippen LogP) is 3.52. The Hall–Kier alpha value is -0.353. The summed E-state index contributed by atoms with van der Waals surface area (Å²) < 4.78 is 11.4. The van der Waals surface area contributed by atoms with Crippen molar-refractivity contribution in [2.75, 3.05) is 6.61 Å². The van der Waals surface area contributed by atoms with Crippen LogP contribution in [-0.4, -0.2) is 27.2 Å². The van der Waals surface area contributed by atoms with E-state index in [9.17, 15) is 4.79 Å². The SMILES string of the molecule is CCOC(=O)[C@]1(O[SiH](C)C)CC[C@@H](C(C)(C)C)CC1. The van der Waals surface area contributed by atoms with E-state index < -0.39 is 14.6 Å². The van der Waals surface area contributed by atoms with Gasteiger partial charge in [0, 0.05) is 0 Å². The van der Waals surface area contributed by atoms with Crippen LogP contribution in [0, 0.1) is 11.3 Å². The first-order valence-electron chi connectivity index (χ1n) is 7.56. The molecule has 0 bridgehead atoms. The lowest BCUT2D eigenvalue weighted by Crippen LogP contribution is -2.49. The van der Waals surface area contributed by atoms with E-state index in [1.165, 1.54) is 0 Å². The van der Waals surface area contributed by atoms with Gasteiger partial charge in [-0.05, 0) is 57.0 Å². The van der Waals surface area contributed by atoms with Crippen molar-refractivity contribution < 1.29 is 14.0 Å². The van der Waals surface area contributed by atoms with Crippen molar-refractivity contribution in [2.45, 2.75) is 72.1 Å². The van der Waals surface area contributed by atoms with Crippen molar-refractivity contribution in [1.29, 1.82) is 0 Å². The Morgan fingerprint density at radius 1 is 1.26 bits per heavy atom. The fraction of sp³-hybridized carbons (Fsp3) is 0.933. The summed E-state index contributed by atoms with van der Waals surface area (Å²) in [6.45, 7) is 13.4. The van der Waals surface area contributed by atoms with E-state index in [0.717, 1.165) is 25.7 Å². The Morgan fingerprint density at radius 3 is 2.16 bits per heavy atom. The molecule has 0 spiro atoms. The fourth-order valence-corrected chi connectivity index (χ4v) is 4.27. The molecule has 19 heavy (non-hydrogen) atoms. The highest BCUT2D eigenvalue weighted by Gasteiger charge is 2.46. The molecule has 1 aliphatic carbocycles. The molecule has 1 fully saturated rings. The molecule has 0 N–H and O–H groups in total. The molecule has 0 heterocycles. The molecule has 3 nitrogen and oxygen atoms in total. The van der Waals surface area contributed by atoms with Gasteiger partial charge in [-0.2, -0.15) is 0 Å². The zero-order chi connectivity index (χ0) is 14.7. The van der Waals surface area contributed by atoms with Gasteiger partial charge in [0.1, 0.15) is 0 Å². The number of carbonyl (C=O) groups is 1. The minimum Gasteiger partial charge on any atom is -0.464 e. The highest BCUT2D eigenvalue weighted by molar-refractivity contribution is 6.48. The van der Waals surface area contributed by atoms with Crippen molar-refractivity contribution in [3.05, 3.63) is 0 Å². The molecule has 1 rings (SSSR count). The Morgan fingerprint density at radius 2 is 1.79 bits per heavy atom. The second-order valence-corrected chi connectivity index (χ2v) is 9.35. The van der Waals surface area contributed by atoms with Crippen LogP contribution in [0.1, 0.15) is 53.4 Å². The van der Waals surface area contributed by atoms with Crippen LogP contribution in [-0.2, 0) is 14.0 Å². The standard InChI is InChI=1S/C15H30O3Si/c1-7-17-13(16)15(18-19(5)6)10-8-12(9-11-15)14(2,3)4/h12,19H,7-11H2,1-6H3/t12-,15+. The van der Waals surface area contributed by atoms with Crippen LogP contribution >= 0.6 is 0 Å². The lowest BCUT2D eigenvalue weighted by molar-refractivity contribution is -0.167. The summed E-state index contributed by atoms with van der Waals surface area (Å²) in [5.41, 5.74) is -0.325. The van der Waals surface area contributed by atoms with Gasteiger partial charge in [0.25, 0.3) is 0 Å². The van der Waals surface area contributed by atoms with E-state index in [1.54, 1.807) is 0 Å². The summed E-state index contributed by atoms with van der Waals surface area (Å²) in [6, 6.07) is 0. The van der Waals surface area contributed by atoms with E-state index in [-0.39, 0.29) is 5.97 Å². The van der Waals surface area contributed by atoms with E-state index >= 15 is 0 Å². The van der Waals surface area contributed by atoms with Gasteiger partial charge in [-0.25, -0.2) is 4.79 Å². The van der Waals surface area contributed by atoms with E-state index in [1.807, 2.05) is 6.92 Å². The summed E-state index contributed by atoms with van der Waals surface area (Å²) in [5.74, 6) is 0.538. The topological polar surface area (TPSA) is 35.5 Å². The van der Waals surface area contributed by atoms with Crippen LogP contribution < -0.4 is 0 Å². The molecule has 0 amide bonds. The average Bonchev–Trinajstić information content (AvgIpc) is 2.27. The van der Waals surface area contributed by atoms with Crippen molar-refractivity contribution in [3.8, 4) is 0 Å². The van der Waals surface area contributed by atoms with Gasteiger partial charge in [0.05, 0.1) is 6.61 Å². The number of rotatable bonds is 4. The quantitative estimate of drug-likeness (QED) is 0.586. The Balaban J connectivity index is 2.77. The number of carbonyl (C=O) groups excluding carboxylic acids is 1. The zero-order valence-electron chi connectivity index (χ0n) is 13.4. The first kappa shape index (κ1) is 16.7. The molecule has 1 aliphatic rings. The first-order valence-corrected chi connectivity index (χ1v) is 10.3. The minimum atomic E-state index is -1.26. The number of ether oxygens (including phenoxy) is 1. The highest BCUT2D eigenvalue weighted by atomic mass is 28.3. The van der Waals surface area contributed by atoms with Gasteiger partial charge >= 0.3 is 5.97 Å². The summed E-state index contributed by atoms with van der Waals surface area (Å²) in [7, 11) is -1.26. The summed E-state index contributed by atoms with van der Waals surface area (Å²) in [4.78, 5) is 12.3. The minimum absolute atomic E-state index is 0.136. The third kappa shape index (κ3) is 4.31. The molecule has 0 unspecified atom stereocenters. The summed E-state index contributed by atoms with van der Waals surface area (Å²) in [5, 5.41) is 0. The van der Waals surface area contributed by atoms with Crippen molar-refractivity contribution in [2.24, 2.45) is 11.3 Å². The van der Waals surface area contributed by atoms with Gasteiger partial charge in [-0.1, -0.05) is 20.8 Å². The third-order valence-corrected chi connectivity index (χ3v) is 5.05. The maximum absolute atomic E-state index is 12.3. The average molecular weight is 286 g/mol. The zero-order valence-corrected chi connectivity index (χ0v) is 14.6. The number of hydrogen-bond donors (Lipinski definition) is 0. The van der Waals surface area contributed by atoms with Crippen molar-refractivity contribution in [3.63, 3.8) is 0 Å². The molecule has 0 aromatic heterocycles. The first-order chi connectivity index (χ1) is 8.71. The molecule has 1 saturated carbocycles. The number of hydrogen-bond acceptors (Lipinski definition) is 3. The van der Waals surface area contributed by atoms with Crippen LogP contribution in [0.2, 0.25) is 13.1 Å². The van der Waals surface area contributed by atoms with Gasteiger partial charge in [-0.3, -0.25) is 0 Å². The smallest absolute Gasteiger partial charge is 0.337 e. The predicted molar refractivity (Wildman–Crippen MR) is 80.7 cm³/mol. The maximum atomic E-state index is 12.3. The molecular weight excluding hydrogens is 256 g/mol. The van der Waals surface area contributed by atoms with Crippen LogP contribution in [0.15, 0.2) is 0 Å². The number of esters is 1. The molecule has 0 aliphatic heterocycles. The Kier molecular flexibility index (Phi) is 5.62. The summed E-state index contributed by atoms with van der Waals surface area (Å²) in [6.07, 6.45) is 3.75. The summed E-state index contributed by atoms with van der Waals surface area (Å²) >= 11 is 0. The van der Waals surface area contributed by atoms with Gasteiger partial charge in [-0.15, -0.1) is 0 Å². The van der Waals surface area contributed by atoms with Crippen LogP contribution in [0.4, 0.5) is 0 Å². The van der Waals surface area contributed by atoms with E-state index in [4.69, 9.17) is 9.16 Å². The lowest BCUT2D eigenvalue weighted by Gasteiger charge is -2.43. The van der Waals surface area contributed by atoms with E-state index in [0.29, 0.717) is 17.9 Å². The van der Waals surface area contributed by atoms with Crippen molar-refractivity contribution in [1.82, 2.24) is 0 Å².